The Hall–Kier alpha value is -4.82. The third kappa shape index (κ3) is 8.46. The van der Waals surface area contributed by atoms with Gasteiger partial charge in [0.05, 0.1) is 0 Å². The van der Waals surface area contributed by atoms with Gasteiger partial charge in [-0.15, -0.1) is 11.8 Å². The van der Waals surface area contributed by atoms with E-state index in [1.807, 2.05) is 73.7 Å². The predicted octanol–water partition coefficient (Wildman–Crippen LogP) is 9.18. The zero-order valence-corrected chi connectivity index (χ0v) is 27.0. The molecule has 0 fully saturated rings. The van der Waals surface area contributed by atoms with Crippen LogP contribution in [-0.4, -0.2) is 17.7 Å². The van der Waals surface area contributed by atoms with Crippen LogP contribution in [0.25, 0.3) is 6.08 Å². The number of benzene rings is 5. The summed E-state index contributed by atoms with van der Waals surface area (Å²) in [6.07, 6.45) is 1.45. The second kappa shape index (κ2) is 15.5. The van der Waals surface area contributed by atoms with Gasteiger partial charge in [0.2, 0.25) is 5.91 Å². The highest BCUT2D eigenvalue weighted by molar-refractivity contribution is 8.00. The topological polar surface area (TPSA) is 87.3 Å². The minimum atomic E-state index is -0.569. The Labute approximate surface area is 281 Å². The van der Waals surface area contributed by atoms with Crippen molar-refractivity contribution in [2.75, 3.05) is 10.6 Å². The van der Waals surface area contributed by atoms with Gasteiger partial charge in [0.15, 0.2) is 0 Å². The largest absolute Gasteiger partial charge is 0.325 e. The Morgan fingerprint density at radius 1 is 0.696 bits per heavy atom. The molecule has 5 aromatic carbocycles. The third-order valence-electron chi connectivity index (χ3n) is 6.93. The van der Waals surface area contributed by atoms with E-state index < -0.39 is 17.1 Å². The second-order valence-electron chi connectivity index (χ2n) is 10.2. The summed E-state index contributed by atoms with van der Waals surface area (Å²) in [5.74, 6) is -1.18. The van der Waals surface area contributed by atoms with E-state index in [1.54, 1.807) is 60.7 Å². The Morgan fingerprint density at radius 2 is 1.30 bits per heavy atom. The van der Waals surface area contributed by atoms with Gasteiger partial charge in [-0.25, -0.2) is 0 Å². The molecule has 0 saturated heterocycles. The maximum absolute atomic E-state index is 13.5. The van der Waals surface area contributed by atoms with Crippen molar-refractivity contribution in [3.8, 4) is 0 Å². The first-order valence-electron chi connectivity index (χ1n) is 14.3. The minimum absolute atomic E-state index is 0.0423. The summed E-state index contributed by atoms with van der Waals surface area (Å²) in [6.45, 7) is 1.95. The molecule has 0 aliphatic carbocycles. The Kier molecular flexibility index (Phi) is 10.9. The molecule has 0 bridgehead atoms. The SMILES string of the molecule is Cc1ccccc1NC(=O)C(Sc1ccc(NC(=O)/C(=C/c2c(Cl)cccc2Cl)NC(=O)c2ccccc2)cc1)c1ccccc1. The van der Waals surface area contributed by atoms with Gasteiger partial charge in [0.25, 0.3) is 11.8 Å². The number of amides is 3. The first kappa shape index (κ1) is 32.6. The molecule has 0 saturated carbocycles. The molecule has 9 heteroatoms. The van der Waals surface area contributed by atoms with Crippen molar-refractivity contribution in [3.63, 3.8) is 0 Å². The number of halogens is 2. The summed E-state index contributed by atoms with van der Waals surface area (Å²) in [7, 11) is 0. The molecule has 3 amide bonds. The van der Waals surface area contributed by atoms with Crippen molar-refractivity contribution < 1.29 is 14.4 Å². The number of rotatable bonds is 10. The van der Waals surface area contributed by atoms with E-state index in [4.69, 9.17) is 23.2 Å². The summed E-state index contributed by atoms with van der Waals surface area (Å²) in [6, 6.07) is 37.9. The Bertz CT molecular complexity index is 1860. The molecule has 5 aromatic rings. The van der Waals surface area contributed by atoms with Gasteiger partial charge in [-0.05, 0) is 78.7 Å². The zero-order valence-electron chi connectivity index (χ0n) is 24.7. The maximum Gasteiger partial charge on any atom is 0.272 e. The number of hydrogen-bond donors (Lipinski definition) is 3. The highest BCUT2D eigenvalue weighted by atomic mass is 35.5. The fourth-order valence-corrected chi connectivity index (χ4v) is 6.03. The van der Waals surface area contributed by atoms with Crippen molar-refractivity contribution in [2.24, 2.45) is 0 Å². The molecule has 230 valence electrons. The number of carbonyl (C=O) groups excluding carboxylic acids is 3. The fraction of sp³-hybridized carbons (Fsp3) is 0.0541. The molecular formula is C37H29Cl2N3O3S. The molecule has 6 nitrogen and oxygen atoms in total. The summed E-state index contributed by atoms with van der Waals surface area (Å²) in [5, 5.41) is 8.71. The van der Waals surface area contributed by atoms with Crippen LogP contribution in [0, 0.1) is 6.92 Å². The minimum Gasteiger partial charge on any atom is -0.325 e. The second-order valence-corrected chi connectivity index (χ2v) is 12.2. The summed E-state index contributed by atoms with van der Waals surface area (Å²) in [5.41, 5.74) is 3.81. The smallest absolute Gasteiger partial charge is 0.272 e. The van der Waals surface area contributed by atoms with Crippen molar-refractivity contribution in [1.82, 2.24) is 5.32 Å². The van der Waals surface area contributed by atoms with Crippen molar-refractivity contribution in [3.05, 3.63) is 165 Å². The van der Waals surface area contributed by atoms with Crippen LogP contribution in [0.15, 0.2) is 138 Å². The van der Waals surface area contributed by atoms with E-state index in [9.17, 15) is 14.4 Å². The maximum atomic E-state index is 13.5. The van der Waals surface area contributed by atoms with Gasteiger partial charge in [0.1, 0.15) is 10.9 Å². The molecule has 46 heavy (non-hydrogen) atoms. The molecule has 1 atom stereocenters. The van der Waals surface area contributed by atoms with Gasteiger partial charge in [0, 0.05) is 37.4 Å². The summed E-state index contributed by atoms with van der Waals surface area (Å²) >= 11 is 14.1. The van der Waals surface area contributed by atoms with Crippen molar-refractivity contribution in [2.45, 2.75) is 17.1 Å². The molecular weight excluding hydrogens is 637 g/mol. The van der Waals surface area contributed by atoms with E-state index in [0.717, 1.165) is 21.7 Å². The van der Waals surface area contributed by atoms with Crippen LogP contribution in [0.4, 0.5) is 11.4 Å². The molecule has 1 unspecified atom stereocenters. The molecule has 0 spiro atoms. The lowest BCUT2D eigenvalue weighted by molar-refractivity contribution is -0.116. The van der Waals surface area contributed by atoms with Gasteiger partial charge >= 0.3 is 0 Å². The molecule has 0 aliphatic heterocycles. The Morgan fingerprint density at radius 3 is 1.96 bits per heavy atom. The van der Waals surface area contributed by atoms with Gasteiger partial charge in [-0.3, -0.25) is 14.4 Å². The van der Waals surface area contributed by atoms with Crippen LogP contribution in [0.5, 0.6) is 0 Å². The standard InChI is InChI=1S/C37H29Cl2N3O3S/c1-24-11-8-9-18-32(24)41-37(45)34(25-12-4-2-5-13-25)46-28-21-19-27(20-22-28)40-36(44)33(23-29-30(38)16-10-17-31(29)39)42-35(43)26-14-6-3-7-15-26/h2-23,34H,1H3,(H,40,44)(H,41,45)(H,42,43)/b33-23-. The average molecular weight is 667 g/mol. The third-order valence-corrected chi connectivity index (χ3v) is 8.85. The van der Waals surface area contributed by atoms with Crippen LogP contribution in [0.2, 0.25) is 10.0 Å². The normalized spacial score (nSPS) is 11.8. The summed E-state index contributed by atoms with van der Waals surface area (Å²) in [4.78, 5) is 40.8. The number of thioether (sulfide) groups is 1. The van der Waals surface area contributed by atoms with Gasteiger partial charge in [-0.1, -0.05) is 96.0 Å². The summed E-state index contributed by atoms with van der Waals surface area (Å²) < 4.78 is 0. The van der Waals surface area contributed by atoms with Crippen molar-refractivity contribution >= 4 is 70.1 Å². The van der Waals surface area contributed by atoms with Gasteiger partial charge in [-0.2, -0.15) is 0 Å². The molecule has 0 radical (unpaired) electrons. The van der Waals surface area contributed by atoms with Crippen LogP contribution >= 0.6 is 35.0 Å². The van der Waals surface area contributed by atoms with Gasteiger partial charge < -0.3 is 16.0 Å². The quantitative estimate of drug-likeness (QED) is 0.103. The van der Waals surface area contributed by atoms with Crippen LogP contribution in [0.1, 0.15) is 32.3 Å². The van der Waals surface area contributed by atoms with Crippen LogP contribution in [-0.2, 0) is 9.59 Å². The average Bonchev–Trinajstić information content (AvgIpc) is 3.07. The monoisotopic (exact) mass is 665 g/mol. The number of hydrogen-bond acceptors (Lipinski definition) is 4. The number of carbonyl (C=O) groups is 3. The number of aryl methyl sites for hydroxylation is 1. The zero-order chi connectivity index (χ0) is 32.5. The molecule has 0 aliphatic rings. The lowest BCUT2D eigenvalue weighted by Gasteiger charge is -2.18. The van der Waals surface area contributed by atoms with Crippen LogP contribution < -0.4 is 16.0 Å². The number of para-hydroxylation sites is 1. The highest BCUT2D eigenvalue weighted by Gasteiger charge is 2.23. The lowest BCUT2D eigenvalue weighted by Crippen LogP contribution is -2.30. The van der Waals surface area contributed by atoms with E-state index >= 15 is 0 Å². The van der Waals surface area contributed by atoms with E-state index in [1.165, 1.54) is 17.8 Å². The first-order chi connectivity index (χ1) is 22.3. The number of nitrogens with one attached hydrogen (secondary N) is 3. The molecule has 0 heterocycles. The fourth-order valence-electron chi connectivity index (χ4n) is 4.50. The van der Waals surface area contributed by atoms with E-state index in [-0.39, 0.29) is 11.6 Å². The highest BCUT2D eigenvalue weighted by Crippen LogP contribution is 2.37. The van der Waals surface area contributed by atoms with E-state index in [2.05, 4.69) is 16.0 Å². The number of anilines is 2. The lowest BCUT2D eigenvalue weighted by atomic mass is 10.1. The van der Waals surface area contributed by atoms with Crippen molar-refractivity contribution in [1.29, 1.82) is 0 Å². The Balaban J connectivity index is 1.35. The van der Waals surface area contributed by atoms with Crippen LogP contribution in [0.3, 0.4) is 0 Å². The first-order valence-corrected chi connectivity index (χ1v) is 15.9. The molecule has 3 N–H and O–H groups in total. The predicted molar refractivity (Wildman–Crippen MR) is 188 cm³/mol. The van der Waals surface area contributed by atoms with E-state index in [0.29, 0.717) is 26.9 Å². The molecule has 0 aromatic heterocycles. The molecule has 5 rings (SSSR count).